The number of carbonyl (C=O) groups excluding carboxylic acids is 1. The molecule has 0 heterocycles. The maximum atomic E-state index is 12.9. The minimum absolute atomic E-state index is 0.237. The third-order valence-corrected chi connectivity index (χ3v) is 2.10. The van der Waals surface area contributed by atoms with Crippen LogP contribution in [0.3, 0.4) is 0 Å². The molecule has 0 bridgehead atoms. The lowest BCUT2D eigenvalue weighted by Gasteiger charge is -2.13. The van der Waals surface area contributed by atoms with Gasteiger partial charge in [0, 0.05) is 11.8 Å². The first-order chi connectivity index (χ1) is 9.27. The van der Waals surface area contributed by atoms with Crippen LogP contribution < -0.4 is 10.6 Å². The molecule has 0 radical (unpaired) electrons. The summed E-state index contributed by atoms with van der Waals surface area (Å²) in [6.07, 6.45) is -0.833. The van der Waals surface area contributed by atoms with Crippen LogP contribution in [0.4, 0.5) is 19.3 Å². The zero-order valence-electron chi connectivity index (χ0n) is 9.89. The number of carboxylic acid groups (broad SMARTS) is 2. The standard InChI is InChI=1S/C11H10F2N2O5/c12-5-1-6(13)3-7(2-5)14-11(20)15-8(10(18)19)4-9(16)17/h1-3,8H,4H2,(H,16,17)(H,18,19)(H2,14,15,20)/t8-/m0/s1. The Labute approximate surface area is 111 Å². The highest BCUT2D eigenvalue weighted by molar-refractivity contribution is 5.93. The lowest BCUT2D eigenvalue weighted by molar-refractivity contribution is -0.145. The topological polar surface area (TPSA) is 116 Å². The molecule has 9 heteroatoms. The van der Waals surface area contributed by atoms with Crippen LogP contribution in [-0.2, 0) is 9.59 Å². The molecule has 1 aromatic carbocycles. The Morgan fingerprint density at radius 3 is 2.10 bits per heavy atom. The van der Waals surface area contributed by atoms with Gasteiger partial charge in [-0.3, -0.25) is 4.79 Å². The first-order valence-corrected chi connectivity index (χ1v) is 5.26. The van der Waals surface area contributed by atoms with Crippen LogP contribution in [0.25, 0.3) is 0 Å². The normalized spacial score (nSPS) is 11.5. The van der Waals surface area contributed by atoms with Gasteiger partial charge >= 0.3 is 18.0 Å². The molecular formula is C11H10F2N2O5. The van der Waals surface area contributed by atoms with E-state index >= 15 is 0 Å². The molecule has 108 valence electrons. The number of carbonyl (C=O) groups is 3. The number of halogens is 2. The number of anilines is 1. The Hall–Kier alpha value is -2.71. The van der Waals surface area contributed by atoms with Gasteiger partial charge in [-0.15, -0.1) is 0 Å². The van der Waals surface area contributed by atoms with Gasteiger partial charge in [-0.25, -0.2) is 18.4 Å². The smallest absolute Gasteiger partial charge is 0.326 e. The second kappa shape index (κ2) is 6.45. The predicted molar refractivity (Wildman–Crippen MR) is 62.2 cm³/mol. The summed E-state index contributed by atoms with van der Waals surface area (Å²) in [4.78, 5) is 32.5. The number of benzene rings is 1. The van der Waals surface area contributed by atoms with Crippen molar-refractivity contribution >= 4 is 23.7 Å². The van der Waals surface area contributed by atoms with Crippen molar-refractivity contribution < 1.29 is 33.4 Å². The number of urea groups is 1. The van der Waals surface area contributed by atoms with E-state index in [9.17, 15) is 23.2 Å². The molecule has 2 amide bonds. The van der Waals surface area contributed by atoms with Crippen molar-refractivity contribution in [3.63, 3.8) is 0 Å². The van der Waals surface area contributed by atoms with Crippen LogP contribution in [-0.4, -0.2) is 34.2 Å². The molecule has 0 spiro atoms. The number of rotatable bonds is 5. The molecule has 1 atom stereocenters. The summed E-state index contributed by atoms with van der Waals surface area (Å²) in [7, 11) is 0. The van der Waals surface area contributed by atoms with E-state index in [1.165, 1.54) is 0 Å². The molecule has 20 heavy (non-hydrogen) atoms. The van der Waals surface area contributed by atoms with E-state index in [1.807, 2.05) is 10.6 Å². The second-order valence-electron chi connectivity index (χ2n) is 3.75. The molecule has 1 rings (SSSR count). The van der Waals surface area contributed by atoms with Crippen molar-refractivity contribution in [2.75, 3.05) is 5.32 Å². The van der Waals surface area contributed by atoms with Gasteiger partial charge in [0.15, 0.2) is 0 Å². The van der Waals surface area contributed by atoms with Crippen molar-refractivity contribution in [1.29, 1.82) is 0 Å². The molecule has 0 aromatic heterocycles. The highest BCUT2D eigenvalue weighted by Crippen LogP contribution is 2.12. The SMILES string of the molecule is O=C(O)C[C@H](NC(=O)Nc1cc(F)cc(F)c1)C(=O)O. The van der Waals surface area contributed by atoms with Gasteiger partial charge in [-0.05, 0) is 12.1 Å². The van der Waals surface area contributed by atoms with E-state index in [1.54, 1.807) is 0 Å². The Morgan fingerprint density at radius 2 is 1.65 bits per heavy atom. The minimum Gasteiger partial charge on any atom is -0.481 e. The van der Waals surface area contributed by atoms with Gasteiger partial charge in [0.2, 0.25) is 0 Å². The largest absolute Gasteiger partial charge is 0.481 e. The lowest BCUT2D eigenvalue weighted by atomic mass is 10.2. The predicted octanol–water partition coefficient (Wildman–Crippen LogP) is 1.01. The molecule has 0 aliphatic carbocycles. The summed E-state index contributed by atoms with van der Waals surface area (Å²) in [5, 5.41) is 21.0. The van der Waals surface area contributed by atoms with Crippen LogP contribution in [0.1, 0.15) is 6.42 Å². The van der Waals surface area contributed by atoms with Crippen LogP contribution >= 0.6 is 0 Å². The molecular weight excluding hydrogens is 278 g/mol. The van der Waals surface area contributed by atoms with Gasteiger partial charge in [0.05, 0.1) is 6.42 Å². The van der Waals surface area contributed by atoms with Gasteiger partial charge in [0.25, 0.3) is 0 Å². The fourth-order valence-electron chi connectivity index (χ4n) is 1.33. The van der Waals surface area contributed by atoms with Gasteiger partial charge in [-0.2, -0.15) is 0 Å². The van der Waals surface area contributed by atoms with Crippen molar-refractivity contribution in [1.82, 2.24) is 5.32 Å². The lowest BCUT2D eigenvalue weighted by Crippen LogP contribution is -2.44. The monoisotopic (exact) mass is 288 g/mol. The van der Waals surface area contributed by atoms with Gasteiger partial charge in [-0.1, -0.05) is 0 Å². The Balaban J connectivity index is 2.70. The number of hydrogen-bond acceptors (Lipinski definition) is 3. The van der Waals surface area contributed by atoms with E-state index < -0.39 is 42.1 Å². The molecule has 0 saturated carbocycles. The van der Waals surface area contributed by atoms with Crippen molar-refractivity contribution in [3.05, 3.63) is 29.8 Å². The molecule has 0 saturated heterocycles. The first-order valence-electron chi connectivity index (χ1n) is 5.26. The summed E-state index contributed by atoms with van der Waals surface area (Å²) in [6, 6.07) is -0.534. The van der Waals surface area contributed by atoms with Crippen LogP contribution in [0, 0.1) is 11.6 Å². The highest BCUT2D eigenvalue weighted by atomic mass is 19.1. The summed E-state index contributed by atoms with van der Waals surface area (Å²) in [5.41, 5.74) is -0.237. The molecule has 0 aliphatic rings. The number of hydrogen-bond donors (Lipinski definition) is 4. The van der Waals surface area contributed by atoms with E-state index in [0.717, 1.165) is 12.1 Å². The van der Waals surface area contributed by atoms with Crippen LogP contribution in [0.2, 0.25) is 0 Å². The van der Waals surface area contributed by atoms with E-state index in [0.29, 0.717) is 6.07 Å². The number of carboxylic acids is 2. The summed E-state index contributed by atoms with van der Waals surface area (Å²) in [6.45, 7) is 0. The van der Waals surface area contributed by atoms with Gasteiger partial charge < -0.3 is 20.8 Å². The summed E-state index contributed by atoms with van der Waals surface area (Å²) in [5.74, 6) is -4.83. The molecule has 4 N–H and O–H groups in total. The molecule has 0 aliphatic heterocycles. The zero-order chi connectivity index (χ0) is 15.3. The first kappa shape index (κ1) is 15.3. The third kappa shape index (κ3) is 4.88. The van der Waals surface area contributed by atoms with Crippen LogP contribution in [0.15, 0.2) is 18.2 Å². The summed E-state index contributed by atoms with van der Waals surface area (Å²) >= 11 is 0. The highest BCUT2D eigenvalue weighted by Gasteiger charge is 2.23. The molecule has 1 aromatic rings. The van der Waals surface area contributed by atoms with Crippen molar-refractivity contribution in [2.24, 2.45) is 0 Å². The maximum absolute atomic E-state index is 12.9. The van der Waals surface area contributed by atoms with Crippen molar-refractivity contribution in [2.45, 2.75) is 12.5 Å². The average molecular weight is 288 g/mol. The summed E-state index contributed by atoms with van der Waals surface area (Å²) < 4.78 is 25.7. The van der Waals surface area contributed by atoms with Crippen LogP contribution in [0.5, 0.6) is 0 Å². The Bertz CT molecular complexity index is 529. The second-order valence-corrected chi connectivity index (χ2v) is 3.75. The van der Waals surface area contributed by atoms with Gasteiger partial charge in [0.1, 0.15) is 17.7 Å². The Morgan fingerprint density at radius 1 is 1.10 bits per heavy atom. The Kier molecular flexibility index (Phi) is 4.95. The minimum atomic E-state index is -1.66. The quantitative estimate of drug-likeness (QED) is 0.645. The molecule has 7 nitrogen and oxygen atoms in total. The van der Waals surface area contributed by atoms with Crippen molar-refractivity contribution in [3.8, 4) is 0 Å². The average Bonchev–Trinajstić information content (AvgIpc) is 2.25. The fraction of sp³-hybridized carbons (Fsp3) is 0.182. The zero-order valence-corrected chi connectivity index (χ0v) is 9.89. The maximum Gasteiger partial charge on any atom is 0.326 e. The number of amides is 2. The molecule has 0 unspecified atom stereocenters. The fourth-order valence-corrected chi connectivity index (χ4v) is 1.33. The van der Waals surface area contributed by atoms with E-state index in [4.69, 9.17) is 10.2 Å². The van der Waals surface area contributed by atoms with E-state index in [-0.39, 0.29) is 5.69 Å². The van der Waals surface area contributed by atoms with E-state index in [2.05, 4.69) is 0 Å². The number of nitrogens with one attached hydrogen (secondary N) is 2. The number of aliphatic carboxylic acids is 2. The third-order valence-electron chi connectivity index (χ3n) is 2.10. The molecule has 0 fully saturated rings.